The molecule has 0 amide bonds. The van der Waals surface area contributed by atoms with E-state index in [2.05, 4.69) is 0 Å². The first-order chi connectivity index (χ1) is 16.1. The lowest BCUT2D eigenvalue weighted by Crippen LogP contribution is -2.31. The van der Waals surface area contributed by atoms with Gasteiger partial charge in [0, 0.05) is 12.6 Å². The quantitative estimate of drug-likeness (QED) is 0.409. The van der Waals surface area contributed by atoms with Crippen LogP contribution in [0.1, 0.15) is 34.0 Å². The number of anilines is 1. The Morgan fingerprint density at radius 1 is 0.971 bits per heavy atom. The minimum Gasteiger partial charge on any atom is -0.489 e. The Kier molecular flexibility index (Phi) is 7.56. The third-order valence-electron chi connectivity index (χ3n) is 5.37. The summed E-state index contributed by atoms with van der Waals surface area (Å²) in [5.74, 6) is -1.60. The van der Waals surface area contributed by atoms with Gasteiger partial charge >= 0.3 is 5.97 Å². The van der Waals surface area contributed by atoms with Crippen LogP contribution in [0.4, 0.5) is 14.5 Å². The highest BCUT2D eigenvalue weighted by Gasteiger charge is 2.26. The second-order valence-electron chi connectivity index (χ2n) is 7.63. The van der Waals surface area contributed by atoms with Crippen LogP contribution >= 0.6 is 0 Å². The van der Waals surface area contributed by atoms with Crippen molar-refractivity contribution in [3.8, 4) is 5.75 Å². The lowest BCUT2D eigenvalue weighted by molar-refractivity contribution is 0.0599. The van der Waals surface area contributed by atoms with E-state index in [9.17, 15) is 22.0 Å². The van der Waals surface area contributed by atoms with Crippen molar-refractivity contribution in [3.05, 3.63) is 88.5 Å². The van der Waals surface area contributed by atoms with E-state index in [-0.39, 0.29) is 23.6 Å². The molecule has 0 aliphatic carbocycles. The van der Waals surface area contributed by atoms with Gasteiger partial charge in [0.1, 0.15) is 24.0 Å². The third-order valence-corrected chi connectivity index (χ3v) is 7.25. The lowest BCUT2D eigenvalue weighted by Gasteiger charge is -2.24. The van der Waals surface area contributed by atoms with Gasteiger partial charge < -0.3 is 9.47 Å². The van der Waals surface area contributed by atoms with Crippen LogP contribution in [-0.2, 0) is 21.4 Å². The summed E-state index contributed by atoms with van der Waals surface area (Å²) in [6.07, 6.45) is 0. The zero-order chi connectivity index (χ0) is 25.0. The number of carbonyl (C=O) groups is 1. The molecule has 0 saturated heterocycles. The average molecular weight is 490 g/mol. The van der Waals surface area contributed by atoms with Crippen LogP contribution < -0.4 is 9.04 Å². The Morgan fingerprint density at radius 3 is 2.15 bits per heavy atom. The number of sulfonamides is 1. The largest absolute Gasteiger partial charge is 0.489 e. The monoisotopic (exact) mass is 489 g/mol. The van der Waals surface area contributed by atoms with E-state index in [0.29, 0.717) is 28.1 Å². The van der Waals surface area contributed by atoms with Crippen molar-refractivity contribution >= 4 is 21.7 Å². The molecular formula is C25H25F2NO5S. The number of esters is 1. The van der Waals surface area contributed by atoms with Gasteiger partial charge in [-0.15, -0.1) is 0 Å². The zero-order valence-corrected chi connectivity index (χ0v) is 20.1. The van der Waals surface area contributed by atoms with Crippen LogP contribution in [0, 0.1) is 25.5 Å². The van der Waals surface area contributed by atoms with Gasteiger partial charge in [-0.2, -0.15) is 0 Å². The fraction of sp³-hybridized carbons (Fsp3) is 0.240. The van der Waals surface area contributed by atoms with Crippen LogP contribution in [0.5, 0.6) is 5.75 Å². The van der Waals surface area contributed by atoms with E-state index in [1.165, 1.54) is 35.7 Å². The summed E-state index contributed by atoms with van der Waals surface area (Å²) in [6.45, 7) is 5.25. The molecule has 0 atom stereocenters. The molecule has 0 aliphatic heterocycles. The molecule has 9 heteroatoms. The third kappa shape index (κ3) is 5.36. The fourth-order valence-corrected chi connectivity index (χ4v) is 5.07. The van der Waals surface area contributed by atoms with Gasteiger partial charge in [0.15, 0.2) is 0 Å². The summed E-state index contributed by atoms with van der Waals surface area (Å²) < 4.78 is 65.1. The molecule has 0 fully saturated rings. The highest BCUT2D eigenvalue weighted by atomic mass is 32.2. The van der Waals surface area contributed by atoms with Gasteiger partial charge in [-0.25, -0.2) is 22.0 Å². The van der Waals surface area contributed by atoms with Gasteiger partial charge in [-0.05, 0) is 86.0 Å². The normalized spacial score (nSPS) is 11.2. The van der Waals surface area contributed by atoms with E-state index in [1.807, 2.05) is 0 Å². The molecule has 0 N–H and O–H groups in total. The molecule has 0 saturated carbocycles. The molecule has 0 heterocycles. The number of aryl methyl sites for hydroxylation is 1. The maximum atomic E-state index is 13.4. The van der Waals surface area contributed by atoms with E-state index in [1.54, 1.807) is 45.0 Å². The predicted molar refractivity (Wildman–Crippen MR) is 125 cm³/mol. The van der Waals surface area contributed by atoms with Crippen LogP contribution in [0.25, 0.3) is 0 Å². The molecular weight excluding hydrogens is 464 g/mol. The molecule has 0 radical (unpaired) electrons. The number of rotatable bonds is 8. The topological polar surface area (TPSA) is 72.9 Å². The van der Waals surface area contributed by atoms with Gasteiger partial charge in [0.25, 0.3) is 10.0 Å². The van der Waals surface area contributed by atoms with Crippen molar-refractivity contribution in [3.63, 3.8) is 0 Å². The number of halogens is 2. The minimum atomic E-state index is -3.98. The Labute approximate surface area is 197 Å². The highest BCUT2D eigenvalue weighted by Crippen LogP contribution is 2.28. The van der Waals surface area contributed by atoms with Gasteiger partial charge in [-0.1, -0.05) is 0 Å². The summed E-state index contributed by atoms with van der Waals surface area (Å²) in [5, 5.41) is 0. The van der Waals surface area contributed by atoms with Crippen molar-refractivity contribution in [1.82, 2.24) is 0 Å². The van der Waals surface area contributed by atoms with E-state index in [0.717, 1.165) is 6.07 Å². The van der Waals surface area contributed by atoms with Crippen LogP contribution in [0.2, 0.25) is 0 Å². The Hall–Kier alpha value is -3.46. The van der Waals surface area contributed by atoms with Crippen molar-refractivity contribution in [2.75, 3.05) is 18.0 Å². The standard InChI is InChI=1S/C25H25F2NO5S/c1-5-28(34(30,31)23-10-16(2)17(3)24(14-23)25(29)32-4)21-6-8-22(9-7-21)33-15-18-11-19(26)13-20(27)12-18/h6-14H,5,15H2,1-4H3. The maximum absolute atomic E-state index is 13.4. The highest BCUT2D eigenvalue weighted by molar-refractivity contribution is 7.92. The molecule has 0 bridgehead atoms. The summed E-state index contributed by atoms with van der Waals surface area (Å²) in [7, 11) is -2.74. The van der Waals surface area contributed by atoms with E-state index in [4.69, 9.17) is 9.47 Å². The summed E-state index contributed by atoms with van der Waals surface area (Å²) >= 11 is 0. The molecule has 3 rings (SSSR count). The fourth-order valence-electron chi connectivity index (χ4n) is 3.49. The molecule has 0 aliphatic rings. The Bertz CT molecular complexity index is 1290. The van der Waals surface area contributed by atoms with Crippen LogP contribution in [0.15, 0.2) is 59.5 Å². The number of hydrogen-bond acceptors (Lipinski definition) is 5. The average Bonchev–Trinajstić information content (AvgIpc) is 2.79. The van der Waals surface area contributed by atoms with Gasteiger partial charge in [-0.3, -0.25) is 4.31 Å². The number of methoxy groups -OCH3 is 1. The molecule has 34 heavy (non-hydrogen) atoms. The Balaban J connectivity index is 1.85. The summed E-state index contributed by atoms with van der Waals surface area (Å²) in [5.41, 5.74) is 2.21. The molecule has 0 unspecified atom stereocenters. The summed E-state index contributed by atoms with van der Waals surface area (Å²) in [4.78, 5) is 12.1. The van der Waals surface area contributed by atoms with Crippen molar-refractivity contribution in [2.45, 2.75) is 32.3 Å². The lowest BCUT2D eigenvalue weighted by atomic mass is 10.0. The number of carbonyl (C=O) groups excluding carboxylic acids is 1. The predicted octanol–water partition coefficient (Wildman–Crippen LogP) is 5.16. The van der Waals surface area contributed by atoms with Crippen molar-refractivity contribution in [2.24, 2.45) is 0 Å². The Morgan fingerprint density at radius 2 is 1.59 bits per heavy atom. The number of hydrogen-bond donors (Lipinski definition) is 0. The summed E-state index contributed by atoms with van der Waals surface area (Å²) in [6, 6.07) is 12.3. The molecule has 3 aromatic carbocycles. The van der Waals surface area contributed by atoms with Crippen molar-refractivity contribution in [1.29, 1.82) is 0 Å². The maximum Gasteiger partial charge on any atom is 0.338 e. The SMILES string of the molecule is CCN(c1ccc(OCc2cc(F)cc(F)c2)cc1)S(=O)(=O)c1cc(C)c(C)c(C(=O)OC)c1. The smallest absolute Gasteiger partial charge is 0.338 e. The second kappa shape index (κ2) is 10.2. The van der Waals surface area contributed by atoms with E-state index < -0.39 is 27.6 Å². The first kappa shape index (κ1) is 25.2. The number of benzene rings is 3. The van der Waals surface area contributed by atoms with Gasteiger partial charge in [0.05, 0.1) is 23.3 Å². The molecule has 180 valence electrons. The molecule has 3 aromatic rings. The molecule has 0 aromatic heterocycles. The minimum absolute atomic E-state index is 0.0219. The van der Waals surface area contributed by atoms with Crippen molar-refractivity contribution < 1.29 is 31.5 Å². The number of nitrogens with zero attached hydrogens (tertiary/aromatic N) is 1. The first-order valence-electron chi connectivity index (χ1n) is 10.5. The molecule has 0 spiro atoms. The molecule has 6 nitrogen and oxygen atoms in total. The van der Waals surface area contributed by atoms with E-state index >= 15 is 0 Å². The number of ether oxygens (including phenoxy) is 2. The van der Waals surface area contributed by atoms with Crippen LogP contribution in [-0.4, -0.2) is 28.0 Å². The van der Waals surface area contributed by atoms with Gasteiger partial charge in [0.2, 0.25) is 0 Å². The first-order valence-corrected chi connectivity index (χ1v) is 11.9. The zero-order valence-electron chi connectivity index (χ0n) is 19.3. The second-order valence-corrected chi connectivity index (χ2v) is 9.50. The van der Waals surface area contributed by atoms with Crippen LogP contribution in [0.3, 0.4) is 0 Å².